The Bertz CT molecular complexity index is 2240. The molecule has 1 saturated heterocycles. The Hall–Kier alpha value is -5.28. The minimum absolute atomic E-state index is 0.0654. The molecule has 1 aliphatic heterocycles. The number of unbranched alkanes of at least 4 members (excludes halogenated alkanes) is 5. The van der Waals surface area contributed by atoms with Crippen molar-refractivity contribution in [2.45, 2.75) is 138 Å². The first-order valence-corrected chi connectivity index (χ1v) is 22.0. The number of nitrogens with one attached hydrogen (secondary N) is 4. The molecular formula is C45H60Cl2N8O7. The summed E-state index contributed by atoms with van der Waals surface area (Å²) < 4.78 is 6.66. The van der Waals surface area contributed by atoms with Crippen LogP contribution in [0.15, 0.2) is 42.5 Å². The van der Waals surface area contributed by atoms with Crippen molar-refractivity contribution >= 4 is 81.4 Å². The third-order valence-corrected chi connectivity index (χ3v) is 11.2. The number of aryl methyl sites for hydroxylation is 1. The first-order chi connectivity index (χ1) is 29.2. The number of anilines is 3. The number of ether oxygens (including phenoxy) is 1. The summed E-state index contributed by atoms with van der Waals surface area (Å²) in [6, 6.07) is 10.3. The highest BCUT2D eigenvalue weighted by Crippen LogP contribution is 2.32. The molecule has 0 saturated carbocycles. The van der Waals surface area contributed by atoms with E-state index in [2.05, 4.69) is 51.9 Å². The maximum Gasteiger partial charge on any atom is 0.418 e. The molecule has 0 bridgehead atoms. The maximum absolute atomic E-state index is 13.3. The molecule has 1 fully saturated rings. The number of carbonyl (C=O) groups is 6. The molecule has 336 valence electrons. The van der Waals surface area contributed by atoms with Gasteiger partial charge in [0.1, 0.15) is 5.02 Å². The van der Waals surface area contributed by atoms with E-state index in [9.17, 15) is 28.8 Å². The van der Waals surface area contributed by atoms with Crippen molar-refractivity contribution in [1.82, 2.24) is 24.7 Å². The Morgan fingerprint density at radius 1 is 0.855 bits per heavy atom. The Kier molecular flexibility index (Phi) is 17.3. The summed E-state index contributed by atoms with van der Waals surface area (Å²) in [6.07, 6.45) is 8.35. The number of imide groups is 1. The van der Waals surface area contributed by atoms with Crippen molar-refractivity contribution in [3.05, 3.63) is 58.2 Å². The molecule has 17 heteroatoms. The summed E-state index contributed by atoms with van der Waals surface area (Å²) in [5.74, 6) is -1.79. The van der Waals surface area contributed by atoms with E-state index in [1.54, 1.807) is 31.5 Å². The van der Waals surface area contributed by atoms with Gasteiger partial charge in [0.05, 0.1) is 16.4 Å². The maximum atomic E-state index is 13.3. The molecule has 4 N–H and O–H groups in total. The van der Waals surface area contributed by atoms with Crippen molar-refractivity contribution in [1.29, 1.82) is 0 Å². The fourth-order valence-corrected chi connectivity index (χ4v) is 6.96. The van der Waals surface area contributed by atoms with Gasteiger partial charge in [0, 0.05) is 34.7 Å². The van der Waals surface area contributed by atoms with E-state index in [0.717, 1.165) is 74.7 Å². The van der Waals surface area contributed by atoms with Crippen molar-refractivity contribution in [3.8, 4) is 11.4 Å². The second-order valence-electron chi connectivity index (χ2n) is 17.0. The van der Waals surface area contributed by atoms with E-state index in [1.165, 1.54) is 26.0 Å². The Morgan fingerprint density at radius 3 is 2.08 bits per heavy atom. The van der Waals surface area contributed by atoms with Crippen molar-refractivity contribution in [2.75, 3.05) is 16.0 Å². The first-order valence-electron chi connectivity index (χ1n) is 21.3. The van der Waals surface area contributed by atoms with Gasteiger partial charge in [-0.1, -0.05) is 103 Å². The fourth-order valence-electron chi connectivity index (χ4n) is 6.63. The number of H-pyrrole nitrogens is 1. The van der Waals surface area contributed by atoms with Gasteiger partial charge < -0.3 is 20.7 Å². The number of cyclic esters (lactones) is 1. The van der Waals surface area contributed by atoms with Crippen LogP contribution in [0.1, 0.15) is 125 Å². The summed E-state index contributed by atoms with van der Waals surface area (Å²) in [4.78, 5) is 81.6. The van der Waals surface area contributed by atoms with Crippen LogP contribution in [-0.2, 0) is 28.7 Å². The monoisotopic (exact) mass is 894 g/mol. The van der Waals surface area contributed by atoms with Crippen LogP contribution in [0.25, 0.3) is 17.0 Å². The summed E-state index contributed by atoms with van der Waals surface area (Å²) in [6.45, 7) is 15.7. The highest BCUT2D eigenvalue weighted by atomic mass is 35.5. The van der Waals surface area contributed by atoms with Gasteiger partial charge in [-0.15, -0.1) is 5.10 Å². The lowest BCUT2D eigenvalue weighted by atomic mass is 9.85. The molecule has 4 aromatic rings. The highest BCUT2D eigenvalue weighted by molar-refractivity contribution is 6.34. The Labute approximate surface area is 373 Å². The second kappa shape index (κ2) is 21.7. The van der Waals surface area contributed by atoms with Crippen molar-refractivity contribution in [3.63, 3.8) is 0 Å². The number of carbonyl (C=O) groups excluding carboxylic acids is 6. The molecule has 0 aliphatic carbocycles. The van der Waals surface area contributed by atoms with Crippen LogP contribution in [0.4, 0.5) is 21.9 Å². The van der Waals surface area contributed by atoms with Crippen LogP contribution in [0.2, 0.25) is 10.0 Å². The number of halogens is 2. The van der Waals surface area contributed by atoms with Gasteiger partial charge in [0.25, 0.3) is 11.8 Å². The molecule has 15 nitrogen and oxygen atoms in total. The highest BCUT2D eigenvalue weighted by Gasteiger charge is 2.55. The predicted molar refractivity (Wildman–Crippen MR) is 242 cm³/mol. The van der Waals surface area contributed by atoms with Crippen LogP contribution in [0, 0.1) is 18.3 Å². The van der Waals surface area contributed by atoms with Gasteiger partial charge in [-0.3, -0.25) is 29.1 Å². The number of fused-ring (bicyclic) bond motifs is 1. The standard InChI is InChI=1S/C26H36ClN3O6.C19H24ClN5O/c1-7-8-9-10-11-12-19(31)28-16-13-14-17(27)18(15-16)29-22(33)20(21(32)25(2,3)4)30-23(34)26(5,6)36-24(30)35;1-4-6-7-13(5-2)19(26)21-15-10-8-14(9-11-15)17-22-18-16(20)12(3)23-25(18)24-17/h13-15,20H,7-12H2,1-6H3,(H,28,31)(H,29,33);8-11,13,23H,4-7H2,1-3H3,(H,21,26). The third kappa shape index (κ3) is 12.7. The van der Waals surface area contributed by atoms with Crippen molar-refractivity contribution < 1.29 is 33.5 Å². The fraction of sp³-hybridized carbons (Fsp3) is 0.511. The van der Waals surface area contributed by atoms with Gasteiger partial charge >= 0.3 is 6.09 Å². The van der Waals surface area contributed by atoms with Crippen LogP contribution in [0.3, 0.4) is 0 Å². The summed E-state index contributed by atoms with van der Waals surface area (Å²) in [5.41, 5.74) is 1.06. The molecule has 1 aliphatic rings. The third-order valence-electron chi connectivity index (χ3n) is 10.4. The van der Waals surface area contributed by atoms with Crippen LogP contribution >= 0.6 is 23.2 Å². The average Bonchev–Trinajstić information content (AvgIpc) is 3.81. The molecule has 0 spiro atoms. The van der Waals surface area contributed by atoms with Gasteiger partial charge in [0.15, 0.2) is 28.9 Å². The molecule has 3 heterocycles. The lowest BCUT2D eigenvalue weighted by molar-refractivity contribution is -0.145. The zero-order valence-corrected chi connectivity index (χ0v) is 38.7. The largest absolute Gasteiger partial charge is 0.433 e. The first kappa shape index (κ1) is 49.4. The lowest BCUT2D eigenvalue weighted by Gasteiger charge is -2.28. The summed E-state index contributed by atoms with van der Waals surface area (Å²) in [7, 11) is 0. The minimum Gasteiger partial charge on any atom is -0.433 e. The van der Waals surface area contributed by atoms with Gasteiger partial charge in [-0.2, -0.15) is 4.63 Å². The van der Waals surface area contributed by atoms with Gasteiger partial charge in [-0.25, -0.2) is 14.7 Å². The van der Waals surface area contributed by atoms with E-state index in [1.807, 2.05) is 31.2 Å². The zero-order chi connectivity index (χ0) is 45.9. The van der Waals surface area contributed by atoms with Crippen molar-refractivity contribution in [2.24, 2.45) is 11.3 Å². The number of rotatable bonds is 18. The molecule has 2 atom stereocenters. The molecule has 5 rings (SSSR count). The normalized spacial score (nSPS) is 14.5. The Morgan fingerprint density at radius 2 is 1.50 bits per heavy atom. The van der Waals surface area contributed by atoms with Gasteiger partial charge in [-0.05, 0) is 82.5 Å². The van der Waals surface area contributed by atoms with E-state index < -0.39 is 40.7 Å². The second-order valence-corrected chi connectivity index (χ2v) is 17.8. The number of hydrogen-bond donors (Lipinski definition) is 4. The number of amides is 5. The van der Waals surface area contributed by atoms with Crippen LogP contribution < -0.4 is 16.0 Å². The lowest BCUT2D eigenvalue weighted by Crippen LogP contribution is -2.55. The predicted octanol–water partition coefficient (Wildman–Crippen LogP) is 10.2. The van der Waals surface area contributed by atoms with Gasteiger partial charge in [0.2, 0.25) is 11.8 Å². The molecule has 0 radical (unpaired) electrons. The number of nitrogens with zero attached hydrogens (tertiary/aromatic N) is 4. The number of aromatic nitrogens is 4. The molecule has 62 heavy (non-hydrogen) atoms. The smallest absolute Gasteiger partial charge is 0.418 e. The molecule has 2 aromatic heterocycles. The number of hydrogen-bond acceptors (Lipinski definition) is 9. The number of aromatic amines is 1. The molecule has 2 unspecified atom stereocenters. The average molecular weight is 896 g/mol. The number of Topliss-reactive ketones (excluding diaryl/α,β-unsaturated/α-hetero) is 1. The molecule has 2 aromatic carbocycles. The van der Waals surface area contributed by atoms with E-state index >= 15 is 0 Å². The van der Waals surface area contributed by atoms with E-state index in [4.69, 9.17) is 27.9 Å². The van der Waals surface area contributed by atoms with E-state index in [0.29, 0.717) is 33.5 Å². The molecular weight excluding hydrogens is 835 g/mol. The van der Waals surface area contributed by atoms with Crippen LogP contribution in [0.5, 0.6) is 0 Å². The van der Waals surface area contributed by atoms with Crippen LogP contribution in [-0.4, -0.2) is 71.9 Å². The summed E-state index contributed by atoms with van der Waals surface area (Å²) in [5, 5.41) is 16.5. The SMILES string of the molecule is CCCCC(CC)C(=O)Nc1ccc(-c2nc3c(Cl)c(C)[nH]n3n2)cc1.CCCCCCCC(=O)Nc1ccc(Cl)c(NC(=O)C(C(=O)C(C)(C)C)N2C(=O)OC(C)(C)C2=O)c1. The minimum atomic E-state index is -1.76. The number of benzene rings is 2. The number of ketones is 1. The molecule has 5 amide bonds. The van der Waals surface area contributed by atoms with E-state index in [-0.39, 0.29) is 28.4 Å². The quantitative estimate of drug-likeness (QED) is 0.0555. The summed E-state index contributed by atoms with van der Waals surface area (Å²) >= 11 is 12.5. The zero-order valence-electron chi connectivity index (χ0n) is 37.2. The topological polar surface area (TPSA) is 197 Å². The Balaban J connectivity index is 0.000000286.